The van der Waals surface area contributed by atoms with Crippen LogP contribution >= 0.6 is 15.9 Å². The monoisotopic (exact) mass is 867 g/mol. The average molecular weight is 869 g/mol. The standard InChI is InChI=1S/C28H27N5O2S.C18H19BrN4/c1-32-14-12-21(13-15-32)19-6-8-20(9-7-19)22-16-30-28-26(17-31-33(28)18-22)24-10-11-27(36(29,34)35)25-5-3-2-4-23(24)25;1-22-8-6-15(7-9-22)13-2-4-14(5-3-13)16-10-20-18-17(19)11-21-23(18)12-16/h2-11,16-18,21H,12-15H2,1H3,(H2,29,34,35);2-5,10-12,15H,6-9H2,1H3. The maximum absolute atomic E-state index is 12.1. The summed E-state index contributed by atoms with van der Waals surface area (Å²) < 4.78 is 28.7. The third-order valence-electron chi connectivity index (χ3n) is 12.0. The molecule has 4 aromatic heterocycles. The Hall–Kier alpha value is -5.31. The van der Waals surface area contributed by atoms with Crippen LogP contribution in [0.15, 0.2) is 131 Å². The van der Waals surface area contributed by atoms with Crippen LogP contribution in [0.2, 0.25) is 0 Å². The van der Waals surface area contributed by atoms with Crippen molar-refractivity contribution in [2.24, 2.45) is 5.14 Å². The molecule has 6 heterocycles. The number of piperidine rings is 2. The van der Waals surface area contributed by atoms with Crippen molar-refractivity contribution in [2.75, 3.05) is 40.3 Å². The molecule has 0 atom stereocenters. The van der Waals surface area contributed by atoms with Crippen molar-refractivity contribution in [1.82, 2.24) is 39.0 Å². The molecule has 0 spiro atoms. The van der Waals surface area contributed by atoms with Gasteiger partial charge < -0.3 is 9.80 Å². The van der Waals surface area contributed by atoms with Crippen molar-refractivity contribution in [1.29, 1.82) is 0 Å². The average Bonchev–Trinajstić information content (AvgIpc) is 3.86. The van der Waals surface area contributed by atoms with E-state index < -0.39 is 10.0 Å². The van der Waals surface area contributed by atoms with E-state index in [2.05, 4.69) is 104 Å². The third kappa shape index (κ3) is 8.17. The van der Waals surface area contributed by atoms with E-state index in [1.54, 1.807) is 41.2 Å². The van der Waals surface area contributed by atoms with E-state index in [9.17, 15) is 8.42 Å². The molecule has 2 fully saturated rings. The van der Waals surface area contributed by atoms with Crippen LogP contribution in [0.1, 0.15) is 48.6 Å². The molecule has 13 heteroatoms. The van der Waals surface area contributed by atoms with Crippen LogP contribution in [0.4, 0.5) is 0 Å². The summed E-state index contributed by atoms with van der Waals surface area (Å²) in [4.78, 5) is 14.1. The lowest BCUT2D eigenvalue weighted by Crippen LogP contribution is -2.29. The zero-order valence-corrected chi connectivity index (χ0v) is 35.5. The van der Waals surface area contributed by atoms with E-state index in [4.69, 9.17) is 10.1 Å². The second kappa shape index (κ2) is 16.4. The zero-order valence-electron chi connectivity index (χ0n) is 33.1. The first kappa shape index (κ1) is 39.2. The number of likely N-dealkylation sites (tertiary alicyclic amines) is 2. The second-order valence-corrected chi connectivity index (χ2v) is 18.3. The van der Waals surface area contributed by atoms with Crippen LogP contribution in [-0.2, 0) is 10.0 Å². The first-order valence-corrected chi connectivity index (χ1v) is 22.4. The van der Waals surface area contributed by atoms with E-state index in [1.165, 1.54) is 55.5 Å². The van der Waals surface area contributed by atoms with Crippen molar-refractivity contribution < 1.29 is 8.42 Å². The van der Waals surface area contributed by atoms with Gasteiger partial charge >= 0.3 is 0 Å². The second-order valence-electron chi connectivity index (χ2n) is 15.9. The summed E-state index contributed by atoms with van der Waals surface area (Å²) >= 11 is 3.46. The van der Waals surface area contributed by atoms with Gasteiger partial charge in [0.2, 0.25) is 10.0 Å². The molecular formula is C46H46BrN9O2S. The molecule has 10 rings (SSSR count). The third-order valence-corrected chi connectivity index (χ3v) is 13.5. The summed E-state index contributed by atoms with van der Waals surface area (Å²) in [5.41, 5.74) is 10.4. The van der Waals surface area contributed by atoms with Crippen molar-refractivity contribution in [3.05, 3.63) is 138 Å². The minimum absolute atomic E-state index is 0.109. The Morgan fingerprint density at radius 3 is 1.61 bits per heavy atom. The topological polar surface area (TPSA) is 127 Å². The Balaban J connectivity index is 0.000000168. The van der Waals surface area contributed by atoms with E-state index in [0.717, 1.165) is 56.4 Å². The molecule has 11 nitrogen and oxygen atoms in total. The van der Waals surface area contributed by atoms with Crippen molar-refractivity contribution in [2.45, 2.75) is 42.4 Å². The molecule has 0 radical (unpaired) electrons. The van der Waals surface area contributed by atoms with Gasteiger partial charge in [0, 0.05) is 46.9 Å². The predicted molar refractivity (Wildman–Crippen MR) is 238 cm³/mol. The Kier molecular flexibility index (Phi) is 10.9. The molecule has 2 N–H and O–H groups in total. The number of sulfonamides is 1. The van der Waals surface area contributed by atoms with Gasteiger partial charge in [0.1, 0.15) is 0 Å². The molecule has 8 aromatic rings. The number of nitrogens with zero attached hydrogens (tertiary/aromatic N) is 8. The zero-order chi connectivity index (χ0) is 40.7. The van der Waals surface area contributed by atoms with E-state index in [0.29, 0.717) is 22.9 Å². The van der Waals surface area contributed by atoms with Gasteiger partial charge in [-0.05, 0) is 133 Å². The molecule has 0 bridgehead atoms. The highest BCUT2D eigenvalue weighted by atomic mass is 79.9. The Morgan fingerprint density at radius 1 is 0.576 bits per heavy atom. The number of primary sulfonamides is 1. The van der Waals surface area contributed by atoms with Crippen LogP contribution in [0.25, 0.3) is 55.4 Å². The molecule has 0 unspecified atom stereocenters. The number of benzene rings is 4. The summed E-state index contributed by atoms with van der Waals surface area (Å²) in [6.07, 6.45) is 16.2. The van der Waals surface area contributed by atoms with Gasteiger partial charge in [0.25, 0.3) is 0 Å². The predicted octanol–water partition coefficient (Wildman–Crippen LogP) is 8.64. The molecule has 300 valence electrons. The van der Waals surface area contributed by atoms with E-state index in [-0.39, 0.29) is 4.90 Å². The smallest absolute Gasteiger partial charge is 0.238 e. The largest absolute Gasteiger partial charge is 0.306 e. The lowest BCUT2D eigenvalue weighted by molar-refractivity contribution is 0.255. The summed E-state index contributed by atoms with van der Waals surface area (Å²) in [5, 5.41) is 15.7. The normalized spacial score (nSPS) is 16.1. The molecule has 59 heavy (non-hydrogen) atoms. The van der Waals surface area contributed by atoms with Gasteiger partial charge in [-0.1, -0.05) is 78.9 Å². The van der Waals surface area contributed by atoms with Crippen LogP contribution < -0.4 is 5.14 Å². The number of rotatable bonds is 6. The highest BCUT2D eigenvalue weighted by molar-refractivity contribution is 9.10. The number of nitrogens with two attached hydrogens (primary N) is 1. The van der Waals surface area contributed by atoms with Gasteiger partial charge in [-0.25, -0.2) is 32.6 Å². The fourth-order valence-corrected chi connectivity index (χ4v) is 9.66. The van der Waals surface area contributed by atoms with Crippen LogP contribution in [-0.4, -0.2) is 87.7 Å². The summed E-state index contributed by atoms with van der Waals surface area (Å²) in [6.45, 7) is 4.69. The van der Waals surface area contributed by atoms with E-state index >= 15 is 0 Å². The highest BCUT2D eigenvalue weighted by Crippen LogP contribution is 2.35. The Morgan fingerprint density at radius 2 is 1.07 bits per heavy atom. The van der Waals surface area contributed by atoms with Crippen molar-refractivity contribution >= 4 is 48.0 Å². The van der Waals surface area contributed by atoms with Crippen LogP contribution in [0.3, 0.4) is 0 Å². The number of hydrogen-bond acceptors (Lipinski definition) is 8. The molecule has 0 amide bonds. The maximum atomic E-state index is 12.1. The van der Waals surface area contributed by atoms with Crippen LogP contribution in [0.5, 0.6) is 0 Å². The fraction of sp³-hybridized carbons (Fsp3) is 0.261. The van der Waals surface area contributed by atoms with E-state index in [1.807, 2.05) is 41.4 Å². The fourth-order valence-electron chi connectivity index (χ4n) is 8.54. The van der Waals surface area contributed by atoms with Gasteiger partial charge in [-0.3, -0.25) is 0 Å². The summed E-state index contributed by atoms with van der Waals surface area (Å²) in [7, 11) is 0.545. The molecule has 0 aliphatic carbocycles. The first-order valence-electron chi connectivity index (χ1n) is 20.0. The number of halogens is 1. The Bertz CT molecular complexity index is 2880. The van der Waals surface area contributed by atoms with Gasteiger partial charge in [-0.2, -0.15) is 10.2 Å². The molecule has 2 aliphatic rings. The van der Waals surface area contributed by atoms with Crippen molar-refractivity contribution in [3.8, 4) is 33.4 Å². The molecule has 4 aromatic carbocycles. The number of hydrogen-bond donors (Lipinski definition) is 1. The minimum Gasteiger partial charge on any atom is -0.306 e. The quantitative estimate of drug-likeness (QED) is 0.176. The maximum Gasteiger partial charge on any atom is 0.238 e. The lowest BCUT2D eigenvalue weighted by Gasteiger charge is -2.29. The van der Waals surface area contributed by atoms with Gasteiger partial charge in [0.15, 0.2) is 11.3 Å². The Labute approximate surface area is 352 Å². The molecular weight excluding hydrogens is 823 g/mol. The number of fused-ring (bicyclic) bond motifs is 3. The molecule has 2 saturated heterocycles. The van der Waals surface area contributed by atoms with Gasteiger partial charge in [0.05, 0.1) is 21.8 Å². The van der Waals surface area contributed by atoms with Crippen molar-refractivity contribution in [3.63, 3.8) is 0 Å². The molecule has 2 aliphatic heterocycles. The highest BCUT2D eigenvalue weighted by Gasteiger charge is 2.21. The summed E-state index contributed by atoms with van der Waals surface area (Å²) in [6, 6.07) is 28.4. The number of aromatic nitrogens is 6. The van der Waals surface area contributed by atoms with Gasteiger partial charge in [-0.15, -0.1) is 0 Å². The summed E-state index contributed by atoms with van der Waals surface area (Å²) in [5.74, 6) is 1.32. The SMILES string of the molecule is CN1CCC(c2ccc(-c3cnc4c(-c5ccc(S(N)(=O)=O)c6ccccc56)cnn4c3)cc2)CC1.CN1CCC(c2ccc(-c3cnc4c(Br)cnn4c3)cc2)CC1. The lowest BCUT2D eigenvalue weighted by atomic mass is 9.89. The minimum atomic E-state index is -3.85. The first-order chi connectivity index (χ1) is 28.6. The van der Waals surface area contributed by atoms with Crippen LogP contribution in [0, 0.1) is 0 Å². The molecule has 0 saturated carbocycles.